The summed E-state index contributed by atoms with van der Waals surface area (Å²) in [4.78, 5) is 0. The Bertz CT molecular complexity index is 186. The van der Waals surface area contributed by atoms with Crippen molar-refractivity contribution in [1.29, 1.82) is 10.8 Å². The molecule has 12 heavy (non-hydrogen) atoms. The summed E-state index contributed by atoms with van der Waals surface area (Å²) in [5, 5.41) is 25.1. The fourth-order valence-corrected chi connectivity index (χ4v) is 1.22. The van der Waals surface area contributed by atoms with Crippen molar-refractivity contribution < 1.29 is 5.11 Å². The van der Waals surface area contributed by atoms with Crippen molar-refractivity contribution in [2.24, 2.45) is 5.73 Å². The lowest BCUT2D eigenvalue weighted by atomic mass is 10.5. The van der Waals surface area contributed by atoms with Crippen LogP contribution in [0.4, 0.5) is 0 Å². The predicted octanol–water partition coefficient (Wildman–Crippen LogP) is 0.0831. The minimum Gasteiger partial charge on any atom is -0.391 e. The molecule has 0 aromatic heterocycles. The number of nitrogens with two attached hydrogens (primary N) is 1. The highest BCUT2D eigenvalue weighted by Gasteiger charge is 2.14. The first-order valence-corrected chi connectivity index (χ1v) is 4.43. The van der Waals surface area contributed by atoms with E-state index in [1.807, 2.05) is 0 Å². The van der Waals surface area contributed by atoms with E-state index < -0.39 is 10.8 Å². The summed E-state index contributed by atoms with van der Waals surface area (Å²) in [6.45, 7) is 1.52. The maximum atomic E-state index is 8.94. The van der Waals surface area contributed by atoms with Crippen LogP contribution in [0.25, 0.3) is 0 Å². The number of thioether (sulfide) groups is 1. The van der Waals surface area contributed by atoms with Gasteiger partial charge in [-0.2, -0.15) is 0 Å². The van der Waals surface area contributed by atoms with Crippen LogP contribution in [0.15, 0.2) is 0 Å². The molecule has 70 valence electrons. The SMILES string of the molecule is CC(O)C(Cl)SC(=N)NC(=N)N. The number of hydrogen-bond donors (Lipinski definition) is 5. The lowest BCUT2D eigenvalue weighted by Gasteiger charge is -2.12. The zero-order valence-corrected chi connectivity index (χ0v) is 8.04. The molecule has 7 heteroatoms. The fourth-order valence-electron chi connectivity index (χ4n) is 0.363. The molecule has 0 saturated heterocycles. The highest BCUT2D eigenvalue weighted by molar-refractivity contribution is 8.15. The number of guanidine groups is 1. The molecule has 0 heterocycles. The third kappa shape index (κ3) is 5.22. The van der Waals surface area contributed by atoms with E-state index in [4.69, 9.17) is 33.3 Å². The van der Waals surface area contributed by atoms with Gasteiger partial charge in [-0.1, -0.05) is 11.8 Å². The van der Waals surface area contributed by atoms with Crippen molar-refractivity contribution >= 4 is 34.5 Å². The Morgan fingerprint density at radius 3 is 2.50 bits per heavy atom. The van der Waals surface area contributed by atoms with Crippen LogP contribution in [0, 0.1) is 10.8 Å². The number of halogens is 1. The lowest BCUT2D eigenvalue weighted by molar-refractivity contribution is 0.211. The monoisotopic (exact) mass is 210 g/mol. The highest BCUT2D eigenvalue weighted by Crippen LogP contribution is 2.18. The van der Waals surface area contributed by atoms with Crippen LogP contribution in [0.5, 0.6) is 0 Å². The molecule has 5 nitrogen and oxygen atoms in total. The normalized spacial score (nSPS) is 14.9. The Morgan fingerprint density at radius 2 is 2.17 bits per heavy atom. The maximum Gasteiger partial charge on any atom is 0.191 e. The van der Waals surface area contributed by atoms with Gasteiger partial charge < -0.3 is 16.2 Å². The number of aliphatic hydroxyl groups excluding tert-OH is 1. The number of rotatable bonds is 2. The van der Waals surface area contributed by atoms with Crippen LogP contribution in [0.1, 0.15) is 6.92 Å². The number of nitrogens with one attached hydrogen (secondary N) is 3. The van der Waals surface area contributed by atoms with Gasteiger partial charge in [-0.25, -0.2) is 0 Å². The largest absolute Gasteiger partial charge is 0.391 e. The van der Waals surface area contributed by atoms with E-state index in [1.54, 1.807) is 0 Å². The molecule has 0 aliphatic rings. The summed E-state index contributed by atoms with van der Waals surface area (Å²) < 4.78 is -0.607. The third-order valence-corrected chi connectivity index (χ3v) is 2.45. The highest BCUT2D eigenvalue weighted by atomic mass is 35.5. The number of hydrogen-bond acceptors (Lipinski definition) is 4. The van der Waals surface area contributed by atoms with E-state index in [9.17, 15) is 0 Å². The van der Waals surface area contributed by atoms with Crippen molar-refractivity contribution in [3.05, 3.63) is 0 Å². The van der Waals surface area contributed by atoms with Gasteiger partial charge in [-0.3, -0.25) is 10.8 Å². The van der Waals surface area contributed by atoms with E-state index >= 15 is 0 Å². The van der Waals surface area contributed by atoms with E-state index in [-0.39, 0.29) is 11.1 Å². The molecule has 0 rings (SSSR count). The van der Waals surface area contributed by atoms with Crippen LogP contribution >= 0.6 is 23.4 Å². The van der Waals surface area contributed by atoms with Gasteiger partial charge in [0, 0.05) is 0 Å². The molecule has 0 bridgehead atoms. The second kappa shape index (κ2) is 5.23. The molecule has 0 radical (unpaired) electrons. The Balaban J connectivity index is 3.77. The maximum absolute atomic E-state index is 8.94. The van der Waals surface area contributed by atoms with Crippen LogP contribution in [0.3, 0.4) is 0 Å². The number of alkyl halides is 1. The molecular formula is C5H11ClN4OS. The average Bonchev–Trinajstić information content (AvgIpc) is 1.84. The Hall–Kier alpha value is -0.460. The first-order valence-electron chi connectivity index (χ1n) is 3.12. The topological polar surface area (TPSA) is 106 Å². The van der Waals surface area contributed by atoms with Gasteiger partial charge in [-0.05, 0) is 6.92 Å². The minimum atomic E-state index is -0.717. The van der Waals surface area contributed by atoms with Gasteiger partial charge >= 0.3 is 0 Å². The van der Waals surface area contributed by atoms with E-state index in [2.05, 4.69) is 5.32 Å². The molecule has 0 fully saturated rings. The predicted molar refractivity (Wildman–Crippen MR) is 51.7 cm³/mol. The van der Waals surface area contributed by atoms with Crippen LogP contribution in [0.2, 0.25) is 0 Å². The summed E-state index contributed by atoms with van der Waals surface area (Å²) in [5.74, 6) is -0.318. The van der Waals surface area contributed by atoms with Crippen molar-refractivity contribution in [1.82, 2.24) is 5.32 Å². The van der Waals surface area contributed by atoms with Crippen molar-refractivity contribution in [2.75, 3.05) is 0 Å². The Morgan fingerprint density at radius 1 is 1.67 bits per heavy atom. The number of amidine groups is 1. The Kier molecular flexibility index (Phi) is 5.03. The molecule has 0 aliphatic carbocycles. The average molecular weight is 211 g/mol. The zero-order chi connectivity index (χ0) is 9.72. The van der Waals surface area contributed by atoms with Gasteiger partial charge in [0.1, 0.15) is 4.71 Å². The first-order chi connectivity index (χ1) is 5.43. The van der Waals surface area contributed by atoms with Crippen molar-refractivity contribution in [3.8, 4) is 0 Å². The fraction of sp³-hybridized carbons (Fsp3) is 0.600. The van der Waals surface area contributed by atoms with Gasteiger partial charge in [-0.15, -0.1) is 11.6 Å². The number of aliphatic hydroxyl groups is 1. The molecule has 0 amide bonds. The van der Waals surface area contributed by atoms with Crippen molar-refractivity contribution in [3.63, 3.8) is 0 Å². The summed E-state index contributed by atoms with van der Waals surface area (Å²) in [5.41, 5.74) is 4.96. The van der Waals surface area contributed by atoms with E-state index in [1.165, 1.54) is 6.92 Å². The molecule has 2 atom stereocenters. The molecule has 0 saturated carbocycles. The molecule has 2 unspecified atom stereocenters. The molecule has 0 aromatic carbocycles. The zero-order valence-electron chi connectivity index (χ0n) is 6.47. The van der Waals surface area contributed by atoms with Gasteiger partial charge in [0.15, 0.2) is 11.1 Å². The van der Waals surface area contributed by atoms with E-state index in [0.29, 0.717) is 0 Å². The lowest BCUT2D eigenvalue weighted by Crippen LogP contribution is -2.34. The van der Waals surface area contributed by atoms with Gasteiger partial charge in [0.05, 0.1) is 6.10 Å². The summed E-state index contributed by atoms with van der Waals surface area (Å²) in [6, 6.07) is 0. The smallest absolute Gasteiger partial charge is 0.191 e. The molecule has 6 N–H and O–H groups in total. The summed E-state index contributed by atoms with van der Waals surface area (Å²) in [6.07, 6.45) is -0.717. The van der Waals surface area contributed by atoms with Crippen LogP contribution < -0.4 is 11.1 Å². The van der Waals surface area contributed by atoms with Gasteiger partial charge in [0.2, 0.25) is 0 Å². The summed E-state index contributed by atoms with van der Waals surface area (Å²) >= 11 is 6.52. The second-order valence-corrected chi connectivity index (χ2v) is 3.96. The molecule has 0 aromatic rings. The standard InChI is InChI=1S/C5H11ClN4OS/c1-2(11)3(6)12-5(9)10-4(7)8/h2-3,11H,1H3,(H5,7,8,9,10). The summed E-state index contributed by atoms with van der Waals surface area (Å²) in [7, 11) is 0. The molecule has 0 spiro atoms. The molecular weight excluding hydrogens is 200 g/mol. The van der Waals surface area contributed by atoms with Crippen LogP contribution in [-0.2, 0) is 0 Å². The first kappa shape index (κ1) is 11.5. The quantitative estimate of drug-likeness (QED) is 0.253. The van der Waals surface area contributed by atoms with E-state index in [0.717, 1.165) is 11.8 Å². The minimum absolute atomic E-state index is 0.0524. The van der Waals surface area contributed by atoms with Crippen molar-refractivity contribution in [2.45, 2.75) is 17.7 Å². The third-order valence-electron chi connectivity index (χ3n) is 0.858. The Labute approximate surface area is 79.7 Å². The molecule has 0 aliphatic heterocycles. The second-order valence-electron chi connectivity index (χ2n) is 2.08. The van der Waals surface area contributed by atoms with Crippen LogP contribution in [-0.4, -0.2) is 27.0 Å². The van der Waals surface area contributed by atoms with Gasteiger partial charge in [0.25, 0.3) is 0 Å².